The number of hydrogen-bond acceptors (Lipinski definition) is 8. The molecule has 0 fully saturated rings. The summed E-state index contributed by atoms with van der Waals surface area (Å²) in [6.07, 6.45) is 1.48. The van der Waals surface area contributed by atoms with Gasteiger partial charge in [0.1, 0.15) is 11.5 Å². The summed E-state index contributed by atoms with van der Waals surface area (Å²) < 4.78 is 48.5. The predicted octanol–water partition coefficient (Wildman–Crippen LogP) is 4.34. The molecule has 2 aromatic carbocycles. The molecular formula is C26H26N2O7S. The second-order valence-electron chi connectivity index (χ2n) is 7.72. The quantitative estimate of drug-likeness (QED) is 0.311. The Bertz CT molecular complexity index is 1430. The van der Waals surface area contributed by atoms with Gasteiger partial charge in [0.25, 0.3) is 0 Å². The van der Waals surface area contributed by atoms with Crippen molar-refractivity contribution in [3.05, 3.63) is 71.6 Å². The number of methoxy groups -OCH3 is 2. The van der Waals surface area contributed by atoms with Gasteiger partial charge in [-0.25, -0.2) is 18.2 Å². The van der Waals surface area contributed by atoms with Crippen LogP contribution in [0.1, 0.15) is 25.2 Å². The molecule has 3 aromatic rings. The zero-order valence-corrected chi connectivity index (χ0v) is 21.2. The van der Waals surface area contributed by atoms with Crippen molar-refractivity contribution in [2.24, 2.45) is 4.99 Å². The summed E-state index contributed by atoms with van der Waals surface area (Å²) in [6.45, 7) is 4.40. The van der Waals surface area contributed by atoms with Crippen LogP contribution in [0.25, 0.3) is 17.4 Å². The van der Waals surface area contributed by atoms with Crippen LogP contribution in [0.5, 0.6) is 11.5 Å². The number of nitrogens with zero attached hydrogens (tertiary/aromatic N) is 2. The van der Waals surface area contributed by atoms with Gasteiger partial charge in [0, 0.05) is 30.3 Å². The van der Waals surface area contributed by atoms with Crippen LogP contribution in [0.2, 0.25) is 0 Å². The minimum atomic E-state index is -3.54. The third kappa shape index (κ3) is 4.91. The molecule has 0 unspecified atom stereocenters. The van der Waals surface area contributed by atoms with Crippen LogP contribution in [-0.2, 0) is 19.6 Å². The average Bonchev–Trinajstić information content (AvgIpc) is 3.51. The summed E-state index contributed by atoms with van der Waals surface area (Å²) in [6, 6.07) is 15.0. The maximum absolute atomic E-state index is 12.7. The highest BCUT2D eigenvalue weighted by Gasteiger charge is 2.26. The van der Waals surface area contributed by atoms with Crippen LogP contribution < -0.4 is 9.47 Å². The number of aliphatic imine (C=N–C) groups is 1. The van der Waals surface area contributed by atoms with Crippen LogP contribution in [0.15, 0.2) is 74.6 Å². The van der Waals surface area contributed by atoms with Crippen molar-refractivity contribution in [1.29, 1.82) is 0 Å². The lowest BCUT2D eigenvalue weighted by molar-refractivity contribution is -0.129. The Morgan fingerprint density at radius 1 is 0.917 bits per heavy atom. The highest BCUT2D eigenvalue weighted by atomic mass is 32.2. The highest BCUT2D eigenvalue weighted by molar-refractivity contribution is 7.89. The zero-order chi connectivity index (χ0) is 25.9. The van der Waals surface area contributed by atoms with Crippen LogP contribution in [0.3, 0.4) is 0 Å². The Kier molecular flexibility index (Phi) is 7.27. The Morgan fingerprint density at radius 2 is 1.58 bits per heavy atom. The first-order valence-electron chi connectivity index (χ1n) is 11.3. The molecule has 0 spiro atoms. The lowest BCUT2D eigenvalue weighted by Crippen LogP contribution is -2.30. The molecule has 0 N–H and O–H groups in total. The first kappa shape index (κ1) is 25.2. The van der Waals surface area contributed by atoms with E-state index in [0.717, 1.165) is 0 Å². The van der Waals surface area contributed by atoms with Crippen molar-refractivity contribution < 1.29 is 31.8 Å². The minimum absolute atomic E-state index is 0.0846. The van der Waals surface area contributed by atoms with Crippen molar-refractivity contribution in [1.82, 2.24) is 4.31 Å². The molecular weight excluding hydrogens is 484 g/mol. The van der Waals surface area contributed by atoms with E-state index >= 15 is 0 Å². The molecule has 1 aliphatic rings. The number of benzene rings is 2. The molecule has 0 bridgehead atoms. The van der Waals surface area contributed by atoms with E-state index < -0.39 is 16.0 Å². The normalized spacial score (nSPS) is 14.8. The van der Waals surface area contributed by atoms with Crippen molar-refractivity contribution >= 4 is 28.0 Å². The first-order valence-corrected chi connectivity index (χ1v) is 12.7. The molecule has 1 aromatic heterocycles. The van der Waals surface area contributed by atoms with Crippen LogP contribution in [0, 0.1) is 0 Å². The van der Waals surface area contributed by atoms with Crippen molar-refractivity contribution in [3.63, 3.8) is 0 Å². The third-order valence-corrected chi connectivity index (χ3v) is 7.70. The second kappa shape index (κ2) is 10.4. The molecule has 1 aliphatic heterocycles. The predicted molar refractivity (Wildman–Crippen MR) is 134 cm³/mol. The number of cyclic esters (lactones) is 1. The standard InChI is InChI=1S/C26H26N2O7S/c1-5-28(6-2)36(30,31)20-11-7-17(8-12-20)22-14-10-19(34-22)16-21-26(29)35-25(27-21)18-9-13-23(32-3)24(15-18)33-4/h7-16H,5-6H2,1-4H3/b21-16+. The summed E-state index contributed by atoms with van der Waals surface area (Å²) in [7, 11) is -0.493. The van der Waals surface area contributed by atoms with E-state index in [1.807, 2.05) is 0 Å². The Balaban J connectivity index is 1.56. The number of rotatable bonds is 9. The van der Waals surface area contributed by atoms with Crippen LogP contribution in [-0.4, -0.2) is 51.9 Å². The Morgan fingerprint density at radius 3 is 2.22 bits per heavy atom. The molecule has 0 atom stereocenters. The SMILES string of the molecule is CCN(CC)S(=O)(=O)c1ccc(-c2ccc(/C=C3/N=C(c4ccc(OC)c(OC)c4)OC3=O)o2)cc1. The smallest absolute Gasteiger partial charge is 0.363 e. The van der Waals surface area contributed by atoms with E-state index in [2.05, 4.69) is 4.99 Å². The van der Waals surface area contributed by atoms with Crippen LogP contribution >= 0.6 is 0 Å². The summed E-state index contributed by atoms with van der Waals surface area (Å²) in [5.74, 6) is 1.48. The molecule has 0 radical (unpaired) electrons. The Hall–Kier alpha value is -3.89. The number of carbonyl (C=O) groups excluding carboxylic acids is 1. The van der Waals surface area contributed by atoms with Crippen molar-refractivity contribution in [2.75, 3.05) is 27.3 Å². The lowest BCUT2D eigenvalue weighted by Gasteiger charge is -2.18. The van der Waals surface area contributed by atoms with Gasteiger partial charge >= 0.3 is 5.97 Å². The molecule has 0 aliphatic carbocycles. The molecule has 0 saturated carbocycles. The number of furan rings is 1. The van der Waals surface area contributed by atoms with Gasteiger partial charge in [-0.2, -0.15) is 4.31 Å². The molecule has 36 heavy (non-hydrogen) atoms. The third-order valence-electron chi connectivity index (χ3n) is 5.64. The minimum Gasteiger partial charge on any atom is -0.493 e. The maximum atomic E-state index is 12.7. The maximum Gasteiger partial charge on any atom is 0.363 e. The Labute approximate surface area is 209 Å². The molecule has 10 heteroatoms. The fourth-order valence-electron chi connectivity index (χ4n) is 3.73. The van der Waals surface area contributed by atoms with Gasteiger partial charge < -0.3 is 18.6 Å². The van der Waals surface area contributed by atoms with Crippen molar-refractivity contribution in [3.8, 4) is 22.8 Å². The monoisotopic (exact) mass is 510 g/mol. The van der Waals surface area contributed by atoms with Gasteiger partial charge in [-0.05, 0) is 54.6 Å². The average molecular weight is 511 g/mol. The number of esters is 1. The van der Waals surface area contributed by atoms with Crippen molar-refractivity contribution in [2.45, 2.75) is 18.7 Å². The van der Waals surface area contributed by atoms with Crippen LogP contribution in [0.4, 0.5) is 0 Å². The number of ether oxygens (including phenoxy) is 3. The summed E-state index contributed by atoms with van der Waals surface area (Å²) in [4.78, 5) is 16.9. The summed E-state index contributed by atoms with van der Waals surface area (Å²) >= 11 is 0. The molecule has 4 rings (SSSR count). The summed E-state index contributed by atoms with van der Waals surface area (Å²) in [5, 5.41) is 0. The van der Waals surface area contributed by atoms with E-state index in [0.29, 0.717) is 47.2 Å². The van der Waals surface area contributed by atoms with E-state index in [1.54, 1.807) is 68.4 Å². The molecule has 2 heterocycles. The molecule has 0 amide bonds. The van der Waals surface area contributed by atoms with Gasteiger partial charge in [-0.1, -0.05) is 13.8 Å². The lowest BCUT2D eigenvalue weighted by atomic mass is 10.2. The number of carbonyl (C=O) groups is 1. The second-order valence-corrected chi connectivity index (χ2v) is 9.66. The number of sulfonamides is 1. The molecule has 9 nitrogen and oxygen atoms in total. The van der Waals surface area contributed by atoms with E-state index in [9.17, 15) is 13.2 Å². The summed E-state index contributed by atoms with van der Waals surface area (Å²) in [5.41, 5.74) is 1.34. The topological polar surface area (TPSA) is 108 Å². The van der Waals surface area contributed by atoms with E-state index in [4.69, 9.17) is 18.6 Å². The van der Waals surface area contributed by atoms with Gasteiger partial charge in [0.15, 0.2) is 17.2 Å². The highest BCUT2D eigenvalue weighted by Crippen LogP contribution is 2.30. The number of hydrogen-bond donors (Lipinski definition) is 0. The van der Waals surface area contributed by atoms with Gasteiger partial charge in [-0.3, -0.25) is 0 Å². The van der Waals surface area contributed by atoms with E-state index in [-0.39, 0.29) is 16.5 Å². The van der Waals surface area contributed by atoms with Gasteiger partial charge in [-0.15, -0.1) is 0 Å². The van der Waals surface area contributed by atoms with Gasteiger partial charge in [0.2, 0.25) is 15.9 Å². The molecule has 0 saturated heterocycles. The largest absolute Gasteiger partial charge is 0.493 e. The van der Waals surface area contributed by atoms with E-state index in [1.165, 1.54) is 24.6 Å². The molecule has 188 valence electrons. The fourth-order valence-corrected chi connectivity index (χ4v) is 5.18. The first-order chi connectivity index (χ1) is 17.3. The van der Waals surface area contributed by atoms with Gasteiger partial charge in [0.05, 0.1) is 19.1 Å². The zero-order valence-electron chi connectivity index (χ0n) is 20.3. The fraction of sp³-hybridized carbons (Fsp3) is 0.231.